The molecular weight excluding hydrogens is 488 g/mol. The van der Waals surface area contributed by atoms with E-state index in [2.05, 4.69) is 5.32 Å². The average molecular weight is 515 g/mol. The van der Waals surface area contributed by atoms with Crippen molar-refractivity contribution in [1.82, 2.24) is 13.7 Å². The van der Waals surface area contributed by atoms with E-state index in [1.165, 1.54) is 9.13 Å². The molecular formula is C28H26N4O4S. The number of nitrogens with zero attached hydrogens (tertiary/aromatic N) is 3. The lowest BCUT2D eigenvalue weighted by Gasteiger charge is -2.14. The molecule has 1 amide bonds. The van der Waals surface area contributed by atoms with Gasteiger partial charge < -0.3 is 14.6 Å². The molecule has 0 unspecified atom stereocenters. The van der Waals surface area contributed by atoms with Crippen LogP contribution in [0.5, 0.6) is 5.75 Å². The molecule has 37 heavy (non-hydrogen) atoms. The number of aryl methyl sites for hydroxylation is 1. The Morgan fingerprint density at radius 1 is 0.946 bits per heavy atom. The van der Waals surface area contributed by atoms with Gasteiger partial charge in [-0.1, -0.05) is 36.4 Å². The van der Waals surface area contributed by atoms with Crippen LogP contribution in [0.25, 0.3) is 21.9 Å². The fraction of sp³-hybridized carbons (Fsp3) is 0.179. The van der Waals surface area contributed by atoms with Crippen LogP contribution >= 0.6 is 11.8 Å². The Bertz CT molecular complexity index is 1750. The van der Waals surface area contributed by atoms with Gasteiger partial charge in [0.05, 0.1) is 24.7 Å². The summed E-state index contributed by atoms with van der Waals surface area (Å²) in [5.41, 5.74) is 1.99. The van der Waals surface area contributed by atoms with Gasteiger partial charge in [0, 0.05) is 23.0 Å². The molecule has 188 valence electrons. The molecule has 0 radical (unpaired) electrons. The second kappa shape index (κ2) is 10.0. The summed E-state index contributed by atoms with van der Waals surface area (Å²) in [6.07, 6.45) is 1.96. The van der Waals surface area contributed by atoms with E-state index in [9.17, 15) is 14.4 Å². The highest BCUT2D eigenvalue weighted by Gasteiger charge is 2.22. The van der Waals surface area contributed by atoms with Crippen molar-refractivity contribution in [2.24, 2.45) is 7.05 Å². The van der Waals surface area contributed by atoms with Gasteiger partial charge >= 0.3 is 5.69 Å². The standard InChI is InChI=1S/C28H26N4O4S/c1-30-23-13-12-20(36-2)15-22(23)25-26(30)27(34)32(16-18-8-5-4-6-9-18)28(35)31(25)17-24(33)29-19-10-7-11-21(14-19)37-3/h4-15H,16-17H2,1-3H3,(H,29,33). The molecule has 0 aliphatic carbocycles. The largest absolute Gasteiger partial charge is 0.497 e. The number of rotatable bonds is 7. The monoisotopic (exact) mass is 514 g/mol. The van der Waals surface area contributed by atoms with Gasteiger partial charge in [0.1, 0.15) is 17.8 Å². The number of methoxy groups -OCH3 is 1. The zero-order valence-electron chi connectivity index (χ0n) is 20.7. The summed E-state index contributed by atoms with van der Waals surface area (Å²) in [5, 5.41) is 3.55. The number of aromatic nitrogens is 3. The fourth-order valence-corrected chi connectivity index (χ4v) is 5.06. The highest BCUT2D eigenvalue weighted by molar-refractivity contribution is 7.98. The van der Waals surface area contributed by atoms with E-state index in [0.717, 1.165) is 16.0 Å². The van der Waals surface area contributed by atoms with Crippen LogP contribution in [0.4, 0.5) is 5.69 Å². The number of ether oxygens (including phenoxy) is 1. The zero-order chi connectivity index (χ0) is 26.1. The summed E-state index contributed by atoms with van der Waals surface area (Å²) >= 11 is 1.57. The molecule has 9 heteroatoms. The summed E-state index contributed by atoms with van der Waals surface area (Å²) < 4.78 is 9.75. The number of amides is 1. The maximum Gasteiger partial charge on any atom is 0.332 e. The van der Waals surface area contributed by atoms with Crippen molar-refractivity contribution >= 4 is 45.3 Å². The van der Waals surface area contributed by atoms with Crippen LogP contribution in [0, 0.1) is 0 Å². The number of nitrogens with one attached hydrogen (secondary N) is 1. The van der Waals surface area contributed by atoms with Crippen molar-refractivity contribution in [3.63, 3.8) is 0 Å². The second-order valence-electron chi connectivity index (χ2n) is 8.67. The SMILES string of the molecule is COc1ccc2c(c1)c1c(c(=O)n(Cc3ccccc3)c(=O)n1CC(=O)Nc1cccc(SC)c1)n2C. The predicted octanol–water partition coefficient (Wildman–Crippen LogP) is 4.07. The second-order valence-corrected chi connectivity index (χ2v) is 9.54. The Kier molecular flexibility index (Phi) is 6.62. The van der Waals surface area contributed by atoms with Crippen molar-refractivity contribution in [2.75, 3.05) is 18.7 Å². The van der Waals surface area contributed by atoms with Gasteiger partial charge in [0.2, 0.25) is 5.91 Å². The van der Waals surface area contributed by atoms with Gasteiger partial charge in [-0.2, -0.15) is 0 Å². The highest BCUT2D eigenvalue weighted by Crippen LogP contribution is 2.29. The van der Waals surface area contributed by atoms with Crippen LogP contribution in [0.1, 0.15) is 5.56 Å². The van der Waals surface area contributed by atoms with Crippen LogP contribution in [0.15, 0.2) is 87.3 Å². The van der Waals surface area contributed by atoms with Crippen molar-refractivity contribution in [1.29, 1.82) is 0 Å². The number of carbonyl (C=O) groups is 1. The maximum absolute atomic E-state index is 13.8. The average Bonchev–Trinajstić information content (AvgIpc) is 3.21. The number of hydrogen-bond donors (Lipinski definition) is 1. The first kappa shape index (κ1) is 24.5. The minimum Gasteiger partial charge on any atom is -0.497 e. The highest BCUT2D eigenvalue weighted by atomic mass is 32.2. The minimum absolute atomic E-state index is 0.0939. The Hall–Kier alpha value is -4.24. The molecule has 2 aromatic heterocycles. The molecule has 3 aromatic carbocycles. The number of benzene rings is 3. The van der Waals surface area contributed by atoms with E-state index in [1.54, 1.807) is 48.7 Å². The molecule has 2 heterocycles. The molecule has 5 rings (SSSR count). The fourth-order valence-electron chi connectivity index (χ4n) is 4.60. The van der Waals surface area contributed by atoms with Crippen molar-refractivity contribution < 1.29 is 9.53 Å². The Balaban J connectivity index is 1.70. The summed E-state index contributed by atoms with van der Waals surface area (Å²) in [7, 11) is 3.34. The van der Waals surface area contributed by atoms with Gasteiger partial charge in [0.25, 0.3) is 5.56 Å². The molecule has 0 atom stereocenters. The normalized spacial score (nSPS) is 11.2. The molecule has 0 fully saturated rings. The Morgan fingerprint density at radius 3 is 2.46 bits per heavy atom. The molecule has 0 saturated carbocycles. The lowest BCUT2D eigenvalue weighted by Crippen LogP contribution is -2.42. The van der Waals surface area contributed by atoms with Crippen molar-refractivity contribution in [2.45, 2.75) is 18.0 Å². The number of thioether (sulfide) groups is 1. The summed E-state index contributed by atoms with van der Waals surface area (Å²) in [6.45, 7) is -0.166. The first-order valence-electron chi connectivity index (χ1n) is 11.7. The lowest BCUT2D eigenvalue weighted by molar-refractivity contribution is -0.116. The van der Waals surface area contributed by atoms with E-state index in [0.29, 0.717) is 27.9 Å². The van der Waals surface area contributed by atoms with E-state index >= 15 is 0 Å². The number of fused-ring (bicyclic) bond motifs is 3. The van der Waals surface area contributed by atoms with Crippen LogP contribution in [-0.2, 0) is 24.9 Å². The van der Waals surface area contributed by atoms with E-state index in [4.69, 9.17) is 4.74 Å². The van der Waals surface area contributed by atoms with Crippen LogP contribution in [0.3, 0.4) is 0 Å². The van der Waals surface area contributed by atoms with Crippen molar-refractivity contribution in [3.05, 3.63) is 99.2 Å². The molecule has 0 spiro atoms. The van der Waals surface area contributed by atoms with E-state index in [-0.39, 0.29) is 19.0 Å². The lowest BCUT2D eigenvalue weighted by atomic mass is 10.2. The third-order valence-electron chi connectivity index (χ3n) is 6.40. The van der Waals surface area contributed by atoms with E-state index in [1.807, 2.05) is 60.9 Å². The first-order chi connectivity index (χ1) is 17.9. The van der Waals surface area contributed by atoms with Gasteiger partial charge in [0.15, 0.2) is 0 Å². The maximum atomic E-state index is 13.8. The first-order valence-corrected chi connectivity index (χ1v) is 12.9. The topological polar surface area (TPSA) is 87.3 Å². The molecule has 0 bridgehead atoms. The quantitative estimate of drug-likeness (QED) is 0.331. The predicted molar refractivity (Wildman–Crippen MR) is 148 cm³/mol. The molecule has 1 N–H and O–H groups in total. The zero-order valence-corrected chi connectivity index (χ0v) is 21.5. The van der Waals surface area contributed by atoms with Gasteiger partial charge in [-0.3, -0.25) is 18.7 Å². The number of carbonyl (C=O) groups excluding carboxylic acids is 1. The number of hydrogen-bond acceptors (Lipinski definition) is 5. The molecule has 5 aromatic rings. The van der Waals surface area contributed by atoms with Gasteiger partial charge in [-0.15, -0.1) is 11.8 Å². The van der Waals surface area contributed by atoms with Gasteiger partial charge in [-0.25, -0.2) is 4.79 Å². The van der Waals surface area contributed by atoms with Crippen LogP contribution in [0.2, 0.25) is 0 Å². The molecule has 0 aliphatic rings. The van der Waals surface area contributed by atoms with Crippen LogP contribution < -0.4 is 21.3 Å². The summed E-state index contributed by atoms with van der Waals surface area (Å²) in [4.78, 5) is 41.7. The smallest absolute Gasteiger partial charge is 0.332 e. The summed E-state index contributed by atoms with van der Waals surface area (Å²) in [5.74, 6) is 0.220. The van der Waals surface area contributed by atoms with Crippen molar-refractivity contribution in [3.8, 4) is 5.75 Å². The number of anilines is 1. The Labute approximate surface area is 217 Å². The third-order valence-corrected chi connectivity index (χ3v) is 7.12. The Morgan fingerprint density at radius 2 is 1.73 bits per heavy atom. The van der Waals surface area contributed by atoms with Crippen LogP contribution in [-0.4, -0.2) is 33.0 Å². The molecule has 8 nitrogen and oxygen atoms in total. The van der Waals surface area contributed by atoms with E-state index < -0.39 is 11.2 Å². The minimum atomic E-state index is -0.551. The summed E-state index contributed by atoms with van der Waals surface area (Å²) in [6, 6.07) is 22.2. The van der Waals surface area contributed by atoms with Gasteiger partial charge in [-0.05, 0) is 48.2 Å². The third kappa shape index (κ3) is 4.53. The molecule has 0 saturated heterocycles. The molecule has 0 aliphatic heterocycles.